The fourth-order valence-corrected chi connectivity index (χ4v) is 3.69. The van der Waals surface area contributed by atoms with Gasteiger partial charge in [-0.05, 0) is 38.2 Å². The van der Waals surface area contributed by atoms with Gasteiger partial charge in [0.05, 0.1) is 11.9 Å². The molecule has 0 radical (unpaired) electrons. The Bertz CT molecular complexity index is 776. The third-order valence-corrected chi connectivity index (χ3v) is 5.50. The number of primary amides is 1. The maximum absolute atomic E-state index is 11.7. The van der Waals surface area contributed by atoms with Gasteiger partial charge in [0.2, 0.25) is 0 Å². The van der Waals surface area contributed by atoms with Crippen molar-refractivity contribution in [3.63, 3.8) is 0 Å². The zero-order chi connectivity index (χ0) is 18.0. The molecule has 25 heavy (non-hydrogen) atoms. The quantitative estimate of drug-likeness (QED) is 0.641. The molecule has 2 aromatic heterocycles. The van der Waals surface area contributed by atoms with Crippen LogP contribution in [-0.2, 0) is 0 Å². The summed E-state index contributed by atoms with van der Waals surface area (Å²) in [5.74, 6) is 0.275. The van der Waals surface area contributed by atoms with E-state index in [2.05, 4.69) is 25.0 Å². The van der Waals surface area contributed by atoms with Gasteiger partial charge in [-0.2, -0.15) is 4.37 Å². The number of hydrogen-bond acceptors (Lipinski definition) is 8. The standard InChI is InChI=1S/C16H23N7OS/c1-8-9(2)23-25-16(8)22-15-13(14(18)24)19-7-12(21-15)20-11-6-4-3-5-10(11)17/h7,10-11H,3-6,17H2,1-2H3,(H2,18,24)(H2,20,21,22). The molecule has 0 aromatic carbocycles. The number of nitrogens with one attached hydrogen (secondary N) is 2. The lowest BCUT2D eigenvalue weighted by Crippen LogP contribution is -2.42. The van der Waals surface area contributed by atoms with Crippen molar-refractivity contribution in [3.05, 3.63) is 23.1 Å². The van der Waals surface area contributed by atoms with E-state index in [9.17, 15) is 4.79 Å². The molecule has 3 rings (SSSR count). The molecule has 8 nitrogen and oxygen atoms in total. The number of aryl methyl sites for hydroxylation is 1. The molecule has 6 N–H and O–H groups in total. The van der Waals surface area contributed by atoms with Gasteiger partial charge >= 0.3 is 0 Å². The van der Waals surface area contributed by atoms with E-state index in [1.807, 2.05) is 13.8 Å². The SMILES string of the molecule is Cc1nsc(Nc2nc(NC3CCCCC3N)cnc2C(N)=O)c1C. The summed E-state index contributed by atoms with van der Waals surface area (Å²) >= 11 is 1.31. The van der Waals surface area contributed by atoms with Crippen molar-refractivity contribution in [2.24, 2.45) is 11.5 Å². The molecule has 1 amide bonds. The normalized spacial score (nSPS) is 20.3. The van der Waals surface area contributed by atoms with E-state index in [0.29, 0.717) is 11.6 Å². The van der Waals surface area contributed by atoms with Gasteiger partial charge in [-0.25, -0.2) is 9.97 Å². The number of amides is 1. The summed E-state index contributed by atoms with van der Waals surface area (Å²) in [7, 11) is 0. The van der Waals surface area contributed by atoms with Crippen LogP contribution in [0.5, 0.6) is 0 Å². The van der Waals surface area contributed by atoms with Gasteiger partial charge in [-0.1, -0.05) is 12.8 Å². The van der Waals surface area contributed by atoms with Crippen LogP contribution in [0, 0.1) is 13.8 Å². The molecule has 0 aliphatic heterocycles. The topological polar surface area (TPSA) is 132 Å². The highest BCUT2D eigenvalue weighted by atomic mass is 32.1. The second kappa shape index (κ2) is 7.32. The number of carbonyl (C=O) groups excluding carboxylic acids is 1. The van der Waals surface area contributed by atoms with E-state index in [1.54, 1.807) is 0 Å². The monoisotopic (exact) mass is 361 g/mol. The first-order valence-electron chi connectivity index (χ1n) is 8.34. The molecule has 2 heterocycles. The van der Waals surface area contributed by atoms with Gasteiger partial charge in [0, 0.05) is 17.6 Å². The van der Waals surface area contributed by atoms with Gasteiger partial charge in [0.1, 0.15) is 10.8 Å². The summed E-state index contributed by atoms with van der Waals surface area (Å²) < 4.78 is 4.30. The maximum atomic E-state index is 11.7. The molecule has 1 fully saturated rings. The van der Waals surface area contributed by atoms with Gasteiger partial charge in [-0.3, -0.25) is 4.79 Å². The van der Waals surface area contributed by atoms with E-state index in [4.69, 9.17) is 11.5 Å². The van der Waals surface area contributed by atoms with E-state index in [0.717, 1.165) is 41.9 Å². The molecule has 2 unspecified atom stereocenters. The molecule has 0 bridgehead atoms. The molecule has 9 heteroatoms. The third kappa shape index (κ3) is 3.88. The van der Waals surface area contributed by atoms with Crippen molar-refractivity contribution in [1.29, 1.82) is 0 Å². The fourth-order valence-electron chi connectivity index (χ4n) is 2.89. The van der Waals surface area contributed by atoms with Crippen LogP contribution in [0.4, 0.5) is 16.6 Å². The van der Waals surface area contributed by atoms with Crippen LogP contribution in [0.3, 0.4) is 0 Å². The summed E-state index contributed by atoms with van der Waals surface area (Å²) in [5, 5.41) is 7.30. The van der Waals surface area contributed by atoms with Crippen LogP contribution in [-0.4, -0.2) is 32.3 Å². The lowest BCUT2D eigenvalue weighted by Gasteiger charge is -2.29. The summed E-state index contributed by atoms with van der Waals surface area (Å²) in [6.07, 6.45) is 5.81. The number of nitrogens with zero attached hydrogens (tertiary/aromatic N) is 3. The highest BCUT2D eigenvalue weighted by molar-refractivity contribution is 7.10. The van der Waals surface area contributed by atoms with Crippen molar-refractivity contribution in [3.8, 4) is 0 Å². The average Bonchev–Trinajstić information content (AvgIpc) is 2.89. The minimum absolute atomic E-state index is 0.0918. The first-order chi connectivity index (χ1) is 12.0. The lowest BCUT2D eigenvalue weighted by atomic mass is 9.91. The predicted octanol–water partition coefficient (Wildman–Crippen LogP) is 2.07. The van der Waals surface area contributed by atoms with E-state index in [-0.39, 0.29) is 17.8 Å². The predicted molar refractivity (Wildman–Crippen MR) is 99.3 cm³/mol. The van der Waals surface area contributed by atoms with Crippen molar-refractivity contribution in [2.45, 2.75) is 51.6 Å². The maximum Gasteiger partial charge on any atom is 0.271 e. The van der Waals surface area contributed by atoms with Gasteiger partial charge in [0.25, 0.3) is 5.91 Å². The van der Waals surface area contributed by atoms with Crippen LogP contribution >= 0.6 is 11.5 Å². The van der Waals surface area contributed by atoms with Gasteiger partial charge < -0.3 is 22.1 Å². The van der Waals surface area contributed by atoms with Crippen LogP contribution < -0.4 is 22.1 Å². The van der Waals surface area contributed by atoms with Gasteiger partial charge in [-0.15, -0.1) is 0 Å². The fraction of sp³-hybridized carbons (Fsp3) is 0.500. The van der Waals surface area contributed by atoms with Crippen LogP contribution in [0.2, 0.25) is 0 Å². The summed E-state index contributed by atoms with van der Waals surface area (Å²) in [6.45, 7) is 3.89. The number of rotatable bonds is 5. The molecule has 1 aliphatic carbocycles. The molecular formula is C16H23N7OS. The van der Waals surface area contributed by atoms with Crippen molar-refractivity contribution >= 4 is 34.1 Å². The molecule has 0 spiro atoms. The Morgan fingerprint density at radius 2 is 2.08 bits per heavy atom. The number of carbonyl (C=O) groups is 1. The third-order valence-electron chi connectivity index (χ3n) is 4.55. The van der Waals surface area contributed by atoms with Crippen molar-refractivity contribution in [2.75, 3.05) is 10.6 Å². The zero-order valence-electron chi connectivity index (χ0n) is 14.4. The van der Waals surface area contributed by atoms with Gasteiger partial charge in [0.15, 0.2) is 11.5 Å². The molecule has 134 valence electrons. The molecule has 2 atom stereocenters. The number of hydrogen-bond donors (Lipinski definition) is 4. The lowest BCUT2D eigenvalue weighted by molar-refractivity contribution is 0.0996. The summed E-state index contributed by atoms with van der Waals surface area (Å²) in [4.78, 5) is 20.4. The minimum atomic E-state index is -0.630. The summed E-state index contributed by atoms with van der Waals surface area (Å²) in [5.41, 5.74) is 13.7. The van der Waals surface area contributed by atoms with Crippen molar-refractivity contribution in [1.82, 2.24) is 14.3 Å². The summed E-state index contributed by atoms with van der Waals surface area (Å²) in [6, 6.07) is 0.247. The average molecular weight is 361 g/mol. The Morgan fingerprint density at radius 1 is 1.32 bits per heavy atom. The first kappa shape index (κ1) is 17.6. The largest absolute Gasteiger partial charge is 0.364 e. The van der Waals surface area contributed by atoms with E-state index < -0.39 is 5.91 Å². The molecule has 1 aliphatic rings. The minimum Gasteiger partial charge on any atom is -0.364 e. The highest BCUT2D eigenvalue weighted by Gasteiger charge is 2.23. The zero-order valence-corrected chi connectivity index (χ0v) is 15.2. The number of nitrogens with two attached hydrogens (primary N) is 2. The number of aromatic nitrogens is 3. The molecule has 2 aromatic rings. The molecular weight excluding hydrogens is 338 g/mol. The Balaban J connectivity index is 1.86. The number of anilines is 3. The highest BCUT2D eigenvalue weighted by Crippen LogP contribution is 2.28. The molecule has 1 saturated carbocycles. The van der Waals surface area contributed by atoms with Crippen LogP contribution in [0.1, 0.15) is 47.4 Å². The van der Waals surface area contributed by atoms with Crippen molar-refractivity contribution < 1.29 is 4.79 Å². The Hall–Kier alpha value is -2.26. The smallest absolute Gasteiger partial charge is 0.271 e. The Morgan fingerprint density at radius 3 is 2.72 bits per heavy atom. The van der Waals surface area contributed by atoms with Crippen LogP contribution in [0.25, 0.3) is 0 Å². The van der Waals surface area contributed by atoms with E-state index >= 15 is 0 Å². The van der Waals surface area contributed by atoms with E-state index in [1.165, 1.54) is 17.7 Å². The Labute approximate surface area is 150 Å². The Kier molecular flexibility index (Phi) is 5.14. The van der Waals surface area contributed by atoms with Crippen LogP contribution in [0.15, 0.2) is 6.20 Å². The molecule has 0 saturated heterocycles. The second-order valence-electron chi connectivity index (χ2n) is 6.36. The second-order valence-corrected chi connectivity index (χ2v) is 7.14. The first-order valence-corrected chi connectivity index (χ1v) is 9.12.